The molecule has 2 aromatic rings. The number of hydrogen-bond acceptors (Lipinski definition) is 7. The average Bonchev–Trinajstić information content (AvgIpc) is 3.09. The Morgan fingerprint density at radius 3 is 2.30 bits per heavy atom. The second-order valence-electron chi connectivity index (χ2n) is 7.29. The Morgan fingerprint density at radius 1 is 1.00 bits per heavy atom. The van der Waals surface area contributed by atoms with Crippen LogP contribution in [0.5, 0.6) is 23.0 Å². The van der Waals surface area contributed by atoms with E-state index in [1.807, 2.05) is 25.2 Å². The molecule has 2 heterocycles. The number of fused-ring (bicyclic) bond motifs is 2. The fourth-order valence-corrected chi connectivity index (χ4v) is 5.04. The van der Waals surface area contributed by atoms with E-state index < -0.39 is 12.1 Å². The fraction of sp³-hybridized carbons (Fsp3) is 0.409. The van der Waals surface area contributed by atoms with E-state index in [1.54, 1.807) is 21.3 Å². The Kier molecular flexibility index (Phi) is 5.55. The van der Waals surface area contributed by atoms with Gasteiger partial charge in [0, 0.05) is 16.6 Å². The number of carbonyl (C=O) groups excluding carboxylic acids is 1. The molecule has 0 amide bonds. The number of methoxy groups -OCH3 is 4. The molecule has 4 rings (SSSR count). The maximum Gasteiger partial charge on any atom is 0.343 e. The lowest BCUT2D eigenvalue weighted by atomic mass is 9.86. The quantitative estimate of drug-likeness (QED) is 0.604. The van der Waals surface area contributed by atoms with Gasteiger partial charge in [0.15, 0.2) is 23.0 Å². The lowest BCUT2D eigenvalue weighted by Gasteiger charge is -2.38. The molecule has 0 N–H and O–H groups in total. The van der Waals surface area contributed by atoms with Crippen molar-refractivity contribution in [3.63, 3.8) is 0 Å². The number of likely N-dealkylation sites (N-methyl/N-ethyl adjacent to an activating group) is 1. The zero-order chi connectivity index (χ0) is 21.6. The smallest absolute Gasteiger partial charge is 0.343 e. The van der Waals surface area contributed by atoms with Crippen LogP contribution in [0.25, 0.3) is 0 Å². The number of esters is 1. The number of halogens is 1. The molecule has 0 radical (unpaired) electrons. The highest BCUT2D eigenvalue weighted by molar-refractivity contribution is 9.10. The van der Waals surface area contributed by atoms with Crippen molar-refractivity contribution in [2.45, 2.75) is 18.6 Å². The minimum atomic E-state index is -0.510. The van der Waals surface area contributed by atoms with E-state index in [2.05, 4.69) is 20.8 Å². The normalized spacial score (nSPS) is 20.3. The molecule has 2 unspecified atom stereocenters. The molecule has 0 spiro atoms. The van der Waals surface area contributed by atoms with Gasteiger partial charge in [0.1, 0.15) is 11.7 Å². The number of hydrogen-bond donors (Lipinski definition) is 0. The largest absolute Gasteiger partial charge is 0.493 e. The van der Waals surface area contributed by atoms with E-state index in [9.17, 15) is 4.79 Å². The highest BCUT2D eigenvalue weighted by Gasteiger charge is 2.45. The molecule has 0 bridgehead atoms. The van der Waals surface area contributed by atoms with Crippen LogP contribution in [0, 0.1) is 0 Å². The molecule has 8 heteroatoms. The van der Waals surface area contributed by atoms with Crippen LogP contribution >= 0.6 is 15.9 Å². The summed E-state index contributed by atoms with van der Waals surface area (Å²) in [6, 6.07) is 5.61. The highest BCUT2D eigenvalue weighted by atomic mass is 79.9. The summed E-state index contributed by atoms with van der Waals surface area (Å²) in [6.07, 6.45) is 0.354. The van der Waals surface area contributed by atoms with Crippen molar-refractivity contribution in [2.75, 3.05) is 42.0 Å². The Labute approximate surface area is 183 Å². The Morgan fingerprint density at radius 2 is 1.67 bits per heavy atom. The summed E-state index contributed by atoms with van der Waals surface area (Å²) in [7, 11) is 8.34. The predicted molar refractivity (Wildman–Crippen MR) is 114 cm³/mol. The molecule has 0 saturated heterocycles. The second kappa shape index (κ2) is 8.00. The van der Waals surface area contributed by atoms with Gasteiger partial charge >= 0.3 is 5.97 Å². The van der Waals surface area contributed by atoms with Gasteiger partial charge in [-0.3, -0.25) is 4.90 Å². The van der Waals surface area contributed by atoms with Crippen molar-refractivity contribution < 1.29 is 28.5 Å². The molecule has 2 aliphatic rings. The summed E-state index contributed by atoms with van der Waals surface area (Å²) in [4.78, 5) is 15.1. The molecule has 2 aliphatic heterocycles. The number of ether oxygens (including phenoxy) is 5. The van der Waals surface area contributed by atoms with Crippen LogP contribution in [0.15, 0.2) is 22.7 Å². The molecule has 7 nitrogen and oxygen atoms in total. The Bertz CT molecular complexity index is 1010. The summed E-state index contributed by atoms with van der Waals surface area (Å²) < 4.78 is 28.6. The van der Waals surface area contributed by atoms with Crippen molar-refractivity contribution in [1.29, 1.82) is 0 Å². The van der Waals surface area contributed by atoms with Gasteiger partial charge in [-0.25, -0.2) is 4.79 Å². The van der Waals surface area contributed by atoms with E-state index in [0.29, 0.717) is 28.6 Å². The summed E-state index contributed by atoms with van der Waals surface area (Å²) in [5.41, 5.74) is 3.36. The highest BCUT2D eigenvalue weighted by Crippen LogP contribution is 2.53. The maximum absolute atomic E-state index is 12.9. The summed E-state index contributed by atoms with van der Waals surface area (Å²) >= 11 is 3.62. The molecular weight excluding hydrogens is 454 g/mol. The van der Waals surface area contributed by atoms with Crippen LogP contribution in [0.3, 0.4) is 0 Å². The molecule has 0 fully saturated rings. The monoisotopic (exact) mass is 477 g/mol. The zero-order valence-corrected chi connectivity index (χ0v) is 19.2. The SMILES string of the molecule is COc1cc2c(cc1OC)C(C1OC(=O)c3c(OC)c(OC)cc(Br)c31)N(C)CC2. The number of nitrogens with zero attached hydrogens (tertiary/aromatic N) is 1. The van der Waals surface area contributed by atoms with E-state index in [-0.39, 0.29) is 6.04 Å². The third kappa shape index (κ3) is 3.09. The van der Waals surface area contributed by atoms with Crippen molar-refractivity contribution in [1.82, 2.24) is 4.90 Å². The summed E-state index contributed by atoms with van der Waals surface area (Å²) in [6.45, 7) is 0.821. The molecule has 2 atom stereocenters. The number of carbonyl (C=O) groups is 1. The topological polar surface area (TPSA) is 66.5 Å². The van der Waals surface area contributed by atoms with E-state index >= 15 is 0 Å². The Hall–Kier alpha value is -2.45. The van der Waals surface area contributed by atoms with Crippen molar-refractivity contribution in [2.24, 2.45) is 0 Å². The van der Waals surface area contributed by atoms with E-state index in [0.717, 1.165) is 34.1 Å². The Balaban J connectivity index is 1.89. The van der Waals surface area contributed by atoms with Gasteiger partial charge < -0.3 is 23.7 Å². The molecular formula is C22H24BrNO6. The van der Waals surface area contributed by atoms with Gasteiger partial charge in [0.2, 0.25) is 0 Å². The molecule has 30 heavy (non-hydrogen) atoms. The molecule has 0 saturated carbocycles. The van der Waals surface area contributed by atoms with Crippen molar-refractivity contribution in [3.05, 3.63) is 44.9 Å². The first kappa shape index (κ1) is 20.8. The first-order chi connectivity index (χ1) is 14.4. The van der Waals surface area contributed by atoms with Gasteiger partial charge in [-0.05, 0) is 42.8 Å². The molecule has 2 aromatic carbocycles. The number of cyclic esters (lactones) is 1. The predicted octanol–water partition coefficient (Wildman–Crippen LogP) is 3.92. The van der Waals surface area contributed by atoms with Crippen LogP contribution in [-0.4, -0.2) is 52.9 Å². The first-order valence-electron chi connectivity index (χ1n) is 9.55. The summed E-state index contributed by atoms with van der Waals surface area (Å²) in [5, 5.41) is 0. The lowest BCUT2D eigenvalue weighted by molar-refractivity contribution is 0.00915. The third-order valence-electron chi connectivity index (χ3n) is 5.84. The number of rotatable bonds is 5. The molecule has 0 aliphatic carbocycles. The van der Waals surface area contributed by atoms with Gasteiger partial charge in [0.25, 0.3) is 0 Å². The van der Waals surface area contributed by atoms with Crippen molar-refractivity contribution in [3.8, 4) is 23.0 Å². The summed E-state index contributed by atoms with van der Waals surface area (Å²) in [5.74, 6) is 1.77. The maximum atomic E-state index is 12.9. The average molecular weight is 478 g/mol. The van der Waals surface area contributed by atoms with Crippen LogP contribution < -0.4 is 18.9 Å². The van der Waals surface area contributed by atoms with Crippen molar-refractivity contribution >= 4 is 21.9 Å². The van der Waals surface area contributed by atoms with Gasteiger partial charge in [-0.1, -0.05) is 15.9 Å². The minimum absolute atomic E-state index is 0.187. The zero-order valence-electron chi connectivity index (χ0n) is 17.6. The van der Waals surface area contributed by atoms with Crippen LogP contribution in [0.4, 0.5) is 0 Å². The van der Waals surface area contributed by atoms with Gasteiger partial charge in [0.05, 0.1) is 34.5 Å². The van der Waals surface area contributed by atoms with Crippen LogP contribution in [-0.2, 0) is 11.2 Å². The third-order valence-corrected chi connectivity index (χ3v) is 6.50. The minimum Gasteiger partial charge on any atom is -0.493 e. The lowest BCUT2D eigenvalue weighted by Crippen LogP contribution is -2.36. The standard InChI is InChI=1S/C22H24BrNO6/c1-24-7-6-11-8-14(26-2)15(27-3)9-12(11)19(24)21-17-13(23)10-16(28-4)20(29-5)18(17)22(25)30-21/h8-10,19,21H,6-7H2,1-5H3. The number of benzene rings is 2. The van der Waals surface area contributed by atoms with Crippen LogP contribution in [0.1, 0.15) is 39.2 Å². The first-order valence-corrected chi connectivity index (χ1v) is 10.3. The van der Waals surface area contributed by atoms with Gasteiger partial charge in [-0.15, -0.1) is 0 Å². The van der Waals surface area contributed by atoms with E-state index in [4.69, 9.17) is 23.7 Å². The van der Waals surface area contributed by atoms with Crippen LogP contribution in [0.2, 0.25) is 0 Å². The van der Waals surface area contributed by atoms with Gasteiger partial charge in [-0.2, -0.15) is 0 Å². The fourth-order valence-electron chi connectivity index (χ4n) is 4.41. The molecule has 160 valence electrons. The second-order valence-corrected chi connectivity index (χ2v) is 8.14. The van der Waals surface area contributed by atoms with E-state index in [1.165, 1.54) is 7.11 Å². The molecule has 0 aromatic heterocycles.